The zero-order valence-electron chi connectivity index (χ0n) is 20.9. The average molecular weight is 505 g/mol. The zero-order valence-corrected chi connectivity index (χ0v) is 20.9. The number of rotatable bonds is 9. The van der Waals surface area contributed by atoms with Gasteiger partial charge in [-0.1, -0.05) is 44.2 Å². The minimum absolute atomic E-state index is 0.118. The number of halogens is 1. The van der Waals surface area contributed by atoms with Crippen molar-refractivity contribution in [3.05, 3.63) is 89.4 Å². The first-order valence-corrected chi connectivity index (χ1v) is 12.1. The highest BCUT2D eigenvalue weighted by Gasteiger charge is 2.29. The smallest absolute Gasteiger partial charge is 0.338 e. The van der Waals surface area contributed by atoms with Crippen LogP contribution in [0.25, 0.3) is 22.0 Å². The Morgan fingerprint density at radius 2 is 1.70 bits per heavy atom. The predicted molar refractivity (Wildman–Crippen MR) is 139 cm³/mol. The third-order valence-corrected chi connectivity index (χ3v) is 6.63. The molecule has 0 bridgehead atoms. The molecule has 0 spiro atoms. The summed E-state index contributed by atoms with van der Waals surface area (Å²) >= 11 is 0. The molecule has 1 aromatic heterocycles. The summed E-state index contributed by atoms with van der Waals surface area (Å²) in [5, 5.41) is 22.1. The van der Waals surface area contributed by atoms with E-state index >= 15 is 0 Å². The molecule has 0 radical (unpaired) electrons. The van der Waals surface area contributed by atoms with Crippen molar-refractivity contribution < 1.29 is 29.0 Å². The van der Waals surface area contributed by atoms with E-state index in [1.165, 1.54) is 18.2 Å². The first-order valence-electron chi connectivity index (χ1n) is 12.1. The number of nitrogens with zero attached hydrogens (tertiary/aromatic N) is 1. The van der Waals surface area contributed by atoms with Gasteiger partial charge < -0.3 is 14.8 Å². The number of aromatic nitrogens is 1. The van der Waals surface area contributed by atoms with Gasteiger partial charge in [0.25, 0.3) is 5.91 Å². The number of H-pyrrole nitrogens is 1. The van der Waals surface area contributed by atoms with E-state index in [9.17, 15) is 24.3 Å². The molecule has 0 fully saturated rings. The molecule has 4 aromatic rings. The van der Waals surface area contributed by atoms with Crippen molar-refractivity contribution in [3.63, 3.8) is 0 Å². The van der Waals surface area contributed by atoms with E-state index in [0.717, 1.165) is 22.5 Å². The number of fused-ring (bicyclic) bond motifs is 1. The number of para-hydroxylation sites is 1. The number of carbonyl (C=O) groups excluding carboxylic acids is 1. The number of benzene rings is 3. The number of nitrogens with one attached hydrogen (secondary N) is 1. The molecule has 192 valence electrons. The Bertz CT molecular complexity index is 1450. The lowest BCUT2D eigenvalue weighted by Gasteiger charge is -2.28. The van der Waals surface area contributed by atoms with Gasteiger partial charge in [0.2, 0.25) is 0 Å². The molecule has 0 aliphatic carbocycles. The molecule has 4 rings (SSSR count). The van der Waals surface area contributed by atoms with Gasteiger partial charge in [0.05, 0.1) is 23.8 Å². The molecule has 2 atom stereocenters. The minimum atomic E-state index is -1.39. The number of hydroxylamine groups is 2. The molecule has 3 aromatic carbocycles. The molecule has 7 nitrogen and oxygen atoms in total. The maximum Gasteiger partial charge on any atom is 0.338 e. The SMILES string of the molecule is CCCOc1ccc(-c2ccc(F)c(C(=O)O)c2)cc1C(=O)N(O)C(C)C(C)c1c[nH]c2ccccc12. The van der Waals surface area contributed by atoms with Crippen molar-refractivity contribution in [1.82, 2.24) is 10.0 Å². The van der Waals surface area contributed by atoms with Gasteiger partial charge in [-0.05, 0) is 60.4 Å². The van der Waals surface area contributed by atoms with Crippen LogP contribution in [0.5, 0.6) is 5.75 Å². The minimum Gasteiger partial charge on any atom is -0.493 e. The summed E-state index contributed by atoms with van der Waals surface area (Å²) in [6, 6.07) is 15.8. The highest BCUT2D eigenvalue weighted by atomic mass is 19.1. The molecule has 37 heavy (non-hydrogen) atoms. The number of carbonyl (C=O) groups is 2. The molecule has 1 amide bonds. The monoisotopic (exact) mass is 504 g/mol. The number of ether oxygens (including phenoxy) is 1. The Kier molecular flexibility index (Phi) is 7.59. The van der Waals surface area contributed by atoms with Crippen LogP contribution in [0.1, 0.15) is 59.4 Å². The number of carboxylic acids is 1. The summed E-state index contributed by atoms with van der Waals surface area (Å²) < 4.78 is 19.7. The largest absolute Gasteiger partial charge is 0.493 e. The molecular formula is C29H29FN2O5. The first-order chi connectivity index (χ1) is 17.7. The van der Waals surface area contributed by atoms with Crippen LogP contribution in [0.4, 0.5) is 4.39 Å². The van der Waals surface area contributed by atoms with Crippen LogP contribution in [0.15, 0.2) is 66.9 Å². The summed E-state index contributed by atoms with van der Waals surface area (Å²) in [6.07, 6.45) is 2.60. The molecule has 2 unspecified atom stereocenters. The third kappa shape index (κ3) is 5.20. The third-order valence-electron chi connectivity index (χ3n) is 6.63. The molecule has 0 saturated carbocycles. The normalized spacial score (nSPS) is 12.8. The lowest BCUT2D eigenvalue weighted by molar-refractivity contribution is -0.0891. The van der Waals surface area contributed by atoms with Gasteiger partial charge in [-0.2, -0.15) is 0 Å². The fraction of sp³-hybridized carbons (Fsp3) is 0.241. The second kappa shape index (κ2) is 10.8. The molecule has 0 aliphatic heterocycles. The quantitative estimate of drug-likeness (QED) is 0.179. The van der Waals surface area contributed by atoms with Gasteiger partial charge >= 0.3 is 5.97 Å². The Hall–Kier alpha value is -4.17. The fourth-order valence-electron chi connectivity index (χ4n) is 4.33. The second-order valence-corrected chi connectivity index (χ2v) is 9.03. The van der Waals surface area contributed by atoms with E-state index in [-0.39, 0.29) is 11.5 Å². The van der Waals surface area contributed by atoms with E-state index < -0.39 is 29.3 Å². The summed E-state index contributed by atoms with van der Waals surface area (Å²) in [4.78, 5) is 28.2. The topological polar surface area (TPSA) is 103 Å². The number of hydrogen-bond donors (Lipinski definition) is 3. The van der Waals surface area contributed by atoms with Crippen molar-refractivity contribution in [2.75, 3.05) is 6.61 Å². The van der Waals surface area contributed by atoms with Crippen molar-refractivity contribution in [2.45, 2.75) is 39.2 Å². The standard InChI is InChI=1S/C29H29FN2O5/c1-4-13-37-27-12-10-20(19-9-11-25(30)22(14-19)29(34)35)15-23(27)28(33)32(36)18(3)17(2)24-16-31-26-8-6-5-7-21(24)26/h5-12,14-18,31,36H,4,13H2,1-3H3,(H,34,35). The molecule has 1 heterocycles. The van der Waals surface area contributed by atoms with Crippen LogP contribution in [0.3, 0.4) is 0 Å². The van der Waals surface area contributed by atoms with Gasteiger partial charge in [-0.15, -0.1) is 0 Å². The summed E-state index contributed by atoms with van der Waals surface area (Å²) in [6.45, 7) is 6.00. The maximum atomic E-state index is 13.9. The van der Waals surface area contributed by atoms with Crippen molar-refractivity contribution in [2.24, 2.45) is 0 Å². The van der Waals surface area contributed by atoms with E-state index in [4.69, 9.17) is 4.74 Å². The Labute approximate surface area is 214 Å². The summed E-state index contributed by atoms with van der Waals surface area (Å²) in [7, 11) is 0. The Morgan fingerprint density at radius 3 is 2.41 bits per heavy atom. The average Bonchev–Trinajstić information content (AvgIpc) is 3.34. The van der Waals surface area contributed by atoms with Crippen LogP contribution in [0, 0.1) is 5.82 Å². The van der Waals surface area contributed by atoms with Gasteiger partial charge in [0.15, 0.2) is 0 Å². The van der Waals surface area contributed by atoms with Gasteiger partial charge in [0.1, 0.15) is 11.6 Å². The molecule has 0 aliphatic rings. The number of carboxylic acid groups (broad SMARTS) is 1. The predicted octanol–water partition coefficient (Wildman–Crippen LogP) is 6.48. The number of hydrogen-bond acceptors (Lipinski definition) is 4. The number of amides is 1. The number of aromatic carboxylic acids is 1. The molecular weight excluding hydrogens is 475 g/mol. The molecule has 0 saturated heterocycles. The Morgan fingerprint density at radius 1 is 1.03 bits per heavy atom. The van der Waals surface area contributed by atoms with E-state index in [2.05, 4.69) is 4.98 Å². The zero-order chi connectivity index (χ0) is 26.7. The number of aromatic amines is 1. The van der Waals surface area contributed by atoms with Gasteiger partial charge in [-0.3, -0.25) is 10.0 Å². The highest BCUT2D eigenvalue weighted by Crippen LogP contribution is 2.33. The summed E-state index contributed by atoms with van der Waals surface area (Å²) in [5.41, 5.74) is 2.49. The van der Waals surface area contributed by atoms with Crippen LogP contribution in [-0.2, 0) is 0 Å². The van der Waals surface area contributed by atoms with Crippen LogP contribution in [-0.4, -0.2) is 44.9 Å². The molecule has 3 N–H and O–H groups in total. The van der Waals surface area contributed by atoms with Gasteiger partial charge in [0, 0.05) is 23.0 Å². The first kappa shape index (κ1) is 25.9. The van der Waals surface area contributed by atoms with Gasteiger partial charge in [-0.25, -0.2) is 14.2 Å². The van der Waals surface area contributed by atoms with Crippen LogP contribution < -0.4 is 4.74 Å². The van der Waals surface area contributed by atoms with Crippen molar-refractivity contribution in [1.29, 1.82) is 0 Å². The lowest BCUT2D eigenvalue weighted by Crippen LogP contribution is -2.39. The van der Waals surface area contributed by atoms with E-state index in [1.807, 2.05) is 44.3 Å². The second-order valence-electron chi connectivity index (χ2n) is 9.03. The van der Waals surface area contributed by atoms with E-state index in [1.54, 1.807) is 19.1 Å². The molecule has 8 heteroatoms. The lowest BCUT2D eigenvalue weighted by atomic mass is 9.93. The maximum absolute atomic E-state index is 13.9. The van der Waals surface area contributed by atoms with E-state index in [0.29, 0.717) is 35.0 Å². The highest BCUT2D eigenvalue weighted by molar-refractivity contribution is 5.98. The van der Waals surface area contributed by atoms with Crippen LogP contribution >= 0.6 is 0 Å². The summed E-state index contributed by atoms with van der Waals surface area (Å²) in [5.74, 6) is -2.81. The Balaban J connectivity index is 1.68. The fourth-order valence-corrected chi connectivity index (χ4v) is 4.33. The van der Waals surface area contributed by atoms with Crippen molar-refractivity contribution >= 4 is 22.8 Å². The van der Waals surface area contributed by atoms with Crippen LogP contribution in [0.2, 0.25) is 0 Å². The van der Waals surface area contributed by atoms with Crippen molar-refractivity contribution in [3.8, 4) is 16.9 Å².